The maximum atomic E-state index is 13.4. The molecule has 1 unspecified atom stereocenters. The van der Waals surface area contributed by atoms with Crippen LogP contribution in [0.2, 0.25) is 0 Å². The van der Waals surface area contributed by atoms with E-state index in [4.69, 9.17) is 5.10 Å². The number of aryl methyl sites for hydroxylation is 1. The van der Waals surface area contributed by atoms with E-state index in [1.807, 2.05) is 56.3 Å². The van der Waals surface area contributed by atoms with Gasteiger partial charge in [0.2, 0.25) is 11.1 Å². The smallest absolute Gasteiger partial charge is 0.255 e. The summed E-state index contributed by atoms with van der Waals surface area (Å²) in [6, 6.07) is 13.0. The molecule has 0 bridgehead atoms. The Labute approximate surface area is 186 Å². The predicted octanol–water partition coefficient (Wildman–Crippen LogP) is 4.80. The predicted molar refractivity (Wildman–Crippen MR) is 124 cm³/mol. The summed E-state index contributed by atoms with van der Waals surface area (Å²) in [5, 5.41) is 11.8. The van der Waals surface area contributed by atoms with Crippen molar-refractivity contribution in [1.29, 1.82) is 0 Å². The molecular weight excluding hydrogens is 408 g/mol. The molecule has 4 rings (SSSR count). The molecule has 1 amide bonds. The number of pyridine rings is 1. The van der Waals surface area contributed by atoms with Gasteiger partial charge in [-0.05, 0) is 44.0 Å². The van der Waals surface area contributed by atoms with Gasteiger partial charge in [-0.3, -0.25) is 9.78 Å². The van der Waals surface area contributed by atoms with Crippen molar-refractivity contribution in [2.24, 2.45) is 0 Å². The number of hydrogen-bond acceptors (Lipinski definition) is 6. The number of carbonyl (C=O) groups excluding carboxylic acids is 1. The summed E-state index contributed by atoms with van der Waals surface area (Å²) in [5.74, 6) is 1.40. The van der Waals surface area contributed by atoms with E-state index in [2.05, 4.69) is 27.5 Å². The van der Waals surface area contributed by atoms with E-state index in [0.29, 0.717) is 16.7 Å². The van der Waals surface area contributed by atoms with Crippen molar-refractivity contribution >= 4 is 29.3 Å². The number of amides is 1. The molecular formula is C23H26N6OS. The summed E-state index contributed by atoms with van der Waals surface area (Å²) in [6.45, 7) is 6.03. The van der Waals surface area contributed by atoms with Gasteiger partial charge in [-0.2, -0.15) is 4.98 Å². The van der Waals surface area contributed by atoms with Crippen LogP contribution in [0.3, 0.4) is 0 Å². The van der Waals surface area contributed by atoms with Crippen molar-refractivity contribution < 1.29 is 4.79 Å². The minimum atomic E-state index is -0.463. The maximum Gasteiger partial charge on any atom is 0.255 e. The lowest BCUT2D eigenvalue weighted by Crippen LogP contribution is -2.32. The fraction of sp³-hybridized carbons (Fsp3) is 0.304. The van der Waals surface area contributed by atoms with Crippen LogP contribution in [0.1, 0.15) is 44.0 Å². The van der Waals surface area contributed by atoms with Crippen molar-refractivity contribution in [2.75, 3.05) is 16.4 Å². The van der Waals surface area contributed by atoms with Gasteiger partial charge in [-0.1, -0.05) is 49.4 Å². The van der Waals surface area contributed by atoms with Gasteiger partial charge in [-0.15, -0.1) is 5.10 Å². The largest absolute Gasteiger partial charge is 0.328 e. The van der Waals surface area contributed by atoms with Crippen LogP contribution >= 0.6 is 11.8 Å². The van der Waals surface area contributed by atoms with Crippen LogP contribution in [0.25, 0.3) is 0 Å². The van der Waals surface area contributed by atoms with Crippen LogP contribution in [-0.2, 0) is 4.79 Å². The van der Waals surface area contributed by atoms with Crippen LogP contribution in [-0.4, -0.2) is 31.4 Å². The minimum absolute atomic E-state index is 0.184. The van der Waals surface area contributed by atoms with Crippen LogP contribution in [0.4, 0.5) is 11.6 Å². The third kappa shape index (κ3) is 4.49. The summed E-state index contributed by atoms with van der Waals surface area (Å²) in [5.41, 5.74) is 3.85. The summed E-state index contributed by atoms with van der Waals surface area (Å²) in [7, 11) is 0. The molecule has 1 aliphatic rings. The molecule has 0 saturated carbocycles. The summed E-state index contributed by atoms with van der Waals surface area (Å²) in [6.07, 6.45) is 3.96. The molecule has 8 heteroatoms. The fourth-order valence-corrected chi connectivity index (χ4v) is 4.42. The normalized spacial score (nSPS) is 15.4. The number of anilines is 2. The van der Waals surface area contributed by atoms with E-state index in [0.717, 1.165) is 41.2 Å². The molecule has 3 heterocycles. The van der Waals surface area contributed by atoms with Crippen LogP contribution in [0.15, 0.2) is 65.1 Å². The number of thioether (sulfide) groups is 1. The number of nitrogens with zero attached hydrogens (tertiary/aromatic N) is 4. The van der Waals surface area contributed by atoms with E-state index in [-0.39, 0.29) is 5.91 Å². The Morgan fingerprint density at radius 1 is 1.19 bits per heavy atom. The van der Waals surface area contributed by atoms with Crippen LogP contribution in [0, 0.1) is 6.92 Å². The van der Waals surface area contributed by atoms with Gasteiger partial charge in [0.15, 0.2) is 0 Å². The Bertz CT molecular complexity index is 1110. The first kappa shape index (κ1) is 21.1. The van der Waals surface area contributed by atoms with E-state index in [1.54, 1.807) is 22.6 Å². The number of hydrogen-bond donors (Lipinski definition) is 2. The minimum Gasteiger partial charge on any atom is -0.328 e. The number of aromatic nitrogens is 4. The first-order valence-corrected chi connectivity index (χ1v) is 11.4. The van der Waals surface area contributed by atoms with Crippen molar-refractivity contribution in [3.05, 3.63) is 71.2 Å². The molecule has 0 spiro atoms. The van der Waals surface area contributed by atoms with Crippen LogP contribution < -0.4 is 10.6 Å². The summed E-state index contributed by atoms with van der Waals surface area (Å²) in [4.78, 5) is 22.6. The standard InChI is InChI=1S/C23H26N6OS/c1-4-5-14-31-23-27-22-25-16(3)19(21(30)26-17-11-7-6-10-15(17)2)20(29(22)28-23)18-12-8-9-13-24-18/h6-13,20H,4-5,14H2,1-3H3,(H,26,30)(H,25,27,28). The van der Waals surface area contributed by atoms with Gasteiger partial charge >= 0.3 is 0 Å². The fourth-order valence-electron chi connectivity index (χ4n) is 3.51. The monoisotopic (exact) mass is 434 g/mol. The summed E-state index contributed by atoms with van der Waals surface area (Å²) < 4.78 is 1.77. The molecule has 31 heavy (non-hydrogen) atoms. The second kappa shape index (κ2) is 9.34. The Kier molecular flexibility index (Phi) is 6.36. The molecule has 2 aromatic heterocycles. The second-order valence-corrected chi connectivity index (χ2v) is 8.52. The molecule has 160 valence electrons. The number of unbranched alkanes of at least 4 members (excludes halogenated alkanes) is 1. The van der Waals surface area contributed by atoms with Crippen molar-refractivity contribution in [1.82, 2.24) is 19.7 Å². The highest BCUT2D eigenvalue weighted by Gasteiger charge is 2.35. The highest BCUT2D eigenvalue weighted by Crippen LogP contribution is 2.36. The number of rotatable bonds is 7. The first-order valence-electron chi connectivity index (χ1n) is 10.4. The van der Waals surface area contributed by atoms with E-state index < -0.39 is 6.04 Å². The highest BCUT2D eigenvalue weighted by molar-refractivity contribution is 7.99. The summed E-state index contributed by atoms with van der Waals surface area (Å²) >= 11 is 1.63. The first-order chi connectivity index (χ1) is 15.1. The molecule has 2 N–H and O–H groups in total. The quantitative estimate of drug-likeness (QED) is 0.410. The van der Waals surface area contributed by atoms with Gasteiger partial charge in [0, 0.05) is 23.3 Å². The zero-order valence-electron chi connectivity index (χ0n) is 17.9. The number of nitrogens with one attached hydrogen (secondary N) is 2. The molecule has 7 nitrogen and oxygen atoms in total. The molecule has 0 aliphatic carbocycles. The Morgan fingerprint density at radius 2 is 2.00 bits per heavy atom. The lowest BCUT2D eigenvalue weighted by Gasteiger charge is -2.28. The molecule has 3 aromatic rings. The van der Waals surface area contributed by atoms with Gasteiger partial charge in [0.05, 0.1) is 11.3 Å². The topological polar surface area (TPSA) is 84.7 Å². The Morgan fingerprint density at radius 3 is 2.74 bits per heavy atom. The Balaban J connectivity index is 1.72. The average Bonchev–Trinajstić information content (AvgIpc) is 3.17. The number of fused-ring (bicyclic) bond motifs is 1. The lowest BCUT2D eigenvalue weighted by atomic mass is 9.98. The SMILES string of the molecule is CCCCSc1nc2n(n1)C(c1ccccn1)C(C(=O)Nc1ccccc1C)=C(C)N2. The third-order valence-corrected chi connectivity index (χ3v) is 6.09. The number of carbonyl (C=O) groups is 1. The van der Waals surface area contributed by atoms with Crippen molar-refractivity contribution in [3.8, 4) is 0 Å². The second-order valence-electron chi connectivity index (χ2n) is 7.45. The highest BCUT2D eigenvalue weighted by atomic mass is 32.2. The van der Waals surface area contributed by atoms with E-state index >= 15 is 0 Å². The molecule has 0 radical (unpaired) electrons. The maximum absolute atomic E-state index is 13.4. The van der Waals surface area contributed by atoms with Crippen LogP contribution in [0.5, 0.6) is 0 Å². The molecule has 0 saturated heterocycles. The molecule has 0 fully saturated rings. The zero-order chi connectivity index (χ0) is 21.8. The number of allylic oxidation sites excluding steroid dienone is 1. The van der Waals surface area contributed by atoms with Gasteiger partial charge in [0.1, 0.15) is 6.04 Å². The van der Waals surface area contributed by atoms with E-state index in [1.165, 1.54) is 0 Å². The average molecular weight is 435 g/mol. The molecule has 1 aromatic carbocycles. The van der Waals surface area contributed by atoms with E-state index in [9.17, 15) is 4.79 Å². The third-order valence-electron chi connectivity index (χ3n) is 5.17. The zero-order valence-corrected chi connectivity index (χ0v) is 18.7. The van der Waals surface area contributed by atoms with Gasteiger partial charge < -0.3 is 10.6 Å². The molecule has 1 aliphatic heterocycles. The number of para-hydroxylation sites is 1. The molecule has 1 atom stereocenters. The van der Waals surface area contributed by atoms with Crippen molar-refractivity contribution in [2.45, 2.75) is 44.8 Å². The lowest BCUT2D eigenvalue weighted by molar-refractivity contribution is -0.113. The van der Waals surface area contributed by atoms with Gasteiger partial charge in [0.25, 0.3) is 5.91 Å². The Hall–Kier alpha value is -3.13. The number of benzene rings is 1. The van der Waals surface area contributed by atoms with Crippen molar-refractivity contribution in [3.63, 3.8) is 0 Å². The van der Waals surface area contributed by atoms with Gasteiger partial charge in [-0.25, -0.2) is 4.68 Å².